The van der Waals surface area contributed by atoms with Crippen LogP contribution in [0.25, 0.3) is 10.1 Å². The molecule has 1 heterocycles. The van der Waals surface area contributed by atoms with Crippen LogP contribution in [0.15, 0.2) is 54.6 Å². The van der Waals surface area contributed by atoms with Crippen molar-refractivity contribution in [1.82, 2.24) is 4.37 Å². The summed E-state index contributed by atoms with van der Waals surface area (Å²) < 4.78 is 5.80. The van der Waals surface area contributed by atoms with Crippen molar-refractivity contribution in [1.29, 1.82) is 0 Å². The van der Waals surface area contributed by atoms with Gasteiger partial charge in [0.1, 0.15) is 0 Å². The van der Waals surface area contributed by atoms with Crippen molar-refractivity contribution in [3.05, 3.63) is 65.9 Å². The smallest absolute Gasteiger partial charge is 0.0664 e. The van der Waals surface area contributed by atoms with E-state index in [1.807, 2.05) is 6.07 Å². The van der Waals surface area contributed by atoms with E-state index in [4.69, 9.17) is 0 Å². The van der Waals surface area contributed by atoms with Gasteiger partial charge >= 0.3 is 0 Å². The monoisotopic (exact) mass is 225 g/mol. The van der Waals surface area contributed by atoms with Crippen LogP contribution in [0.1, 0.15) is 11.3 Å². The highest BCUT2D eigenvalue weighted by atomic mass is 32.1. The van der Waals surface area contributed by atoms with Gasteiger partial charge in [-0.15, -0.1) is 0 Å². The van der Waals surface area contributed by atoms with Gasteiger partial charge in [-0.25, -0.2) is 0 Å². The second-order valence-corrected chi connectivity index (χ2v) is 4.59. The molecule has 1 nitrogen and oxygen atoms in total. The maximum atomic E-state index is 4.53. The minimum atomic E-state index is 0.921. The number of benzene rings is 2. The maximum absolute atomic E-state index is 4.53. The first-order valence-electron chi connectivity index (χ1n) is 5.31. The van der Waals surface area contributed by atoms with E-state index < -0.39 is 0 Å². The van der Waals surface area contributed by atoms with Gasteiger partial charge < -0.3 is 0 Å². The van der Waals surface area contributed by atoms with Crippen molar-refractivity contribution >= 4 is 21.6 Å². The van der Waals surface area contributed by atoms with E-state index in [9.17, 15) is 0 Å². The van der Waals surface area contributed by atoms with Crippen molar-refractivity contribution in [2.45, 2.75) is 6.42 Å². The lowest BCUT2D eigenvalue weighted by Crippen LogP contribution is -1.87. The van der Waals surface area contributed by atoms with Crippen molar-refractivity contribution < 1.29 is 0 Å². The molecule has 0 amide bonds. The summed E-state index contributed by atoms with van der Waals surface area (Å²) >= 11 is 1.58. The molecule has 0 unspecified atom stereocenters. The third-order valence-corrected chi connectivity index (χ3v) is 3.53. The molecule has 0 saturated heterocycles. The normalized spacial score (nSPS) is 10.8. The highest BCUT2D eigenvalue weighted by Gasteiger charge is 2.05. The standard InChI is InChI=1S/C14H11NS/c1-2-6-11(7-3-1)10-13-12-8-4-5-9-14(12)16-15-13/h1-9H,10H2. The maximum Gasteiger partial charge on any atom is 0.0664 e. The highest BCUT2D eigenvalue weighted by Crippen LogP contribution is 2.24. The molecule has 0 aliphatic rings. The Labute approximate surface area is 98.5 Å². The zero-order chi connectivity index (χ0) is 10.8. The van der Waals surface area contributed by atoms with Gasteiger partial charge in [0.15, 0.2) is 0 Å². The highest BCUT2D eigenvalue weighted by molar-refractivity contribution is 7.13. The molecule has 1 aromatic heterocycles. The summed E-state index contributed by atoms with van der Waals surface area (Å²) in [5.41, 5.74) is 2.50. The molecule has 16 heavy (non-hydrogen) atoms. The summed E-state index contributed by atoms with van der Waals surface area (Å²) in [5, 5.41) is 1.29. The molecule has 0 radical (unpaired) electrons. The van der Waals surface area contributed by atoms with E-state index in [0.29, 0.717) is 0 Å². The van der Waals surface area contributed by atoms with Gasteiger partial charge in [-0.3, -0.25) is 0 Å². The van der Waals surface area contributed by atoms with Gasteiger partial charge in [0, 0.05) is 11.8 Å². The lowest BCUT2D eigenvalue weighted by molar-refractivity contribution is 1.15. The number of fused-ring (bicyclic) bond motifs is 1. The minimum absolute atomic E-state index is 0.921. The largest absolute Gasteiger partial charge is 0.196 e. The Morgan fingerprint density at radius 2 is 1.62 bits per heavy atom. The Morgan fingerprint density at radius 3 is 2.50 bits per heavy atom. The zero-order valence-electron chi connectivity index (χ0n) is 8.76. The lowest BCUT2D eigenvalue weighted by Gasteiger charge is -1.98. The van der Waals surface area contributed by atoms with E-state index >= 15 is 0 Å². The topological polar surface area (TPSA) is 12.9 Å². The molecular formula is C14H11NS. The summed E-state index contributed by atoms with van der Waals surface area (Å²) in [5.74, 6) is 0. The Morgan fingerprint density at radius 1 is 0.875 bits per heavy atom. The fraction of sp³-hybridized carbons (Fsp3) is 0.0714. The molecule has 0 spiro atoms. The average Bonchev–Trinajstić information content (AvgIpc) is 2.74. The van der Waals surface area contributed by atoms with Crippen molar-refractivity contribution in [3.8, 4) is 0 Å². The summed E-state index contributed by atoms with van der Waals surface area (Å²) in [6, 6.07) is 18.9. The predicted molar refractivity (Wildman–Crippen MR) is 68.9 cm³/mol. The molecule has 0 aliphatic carbocycles. The van der Waals surface area contributed by atoms with Crippen molar-refractivity contribution in [3.63, 3.8) is 0 Å². The van der Waals surface area contributed by atoms with E-state index in [1.54, 1.807) is 11.5 Å². The predicted octanol–water partition coefficient (Wildman–Crippen LogP) is 3.89. The molecule has 3 aromatic rings. The summed E-state index contributed by atoms with van der Waals surface area (Å²) in [6.45, 7) is 0. The van der Waals surface area contributed by atoms with E-state index in [1.165, 1.54) is 21.3 Å². The van der Waals surface area contributed by atoms with E-state index in [-0.39, 0.29) is 0 Å². The second kappa shape index (κ2) is 4.06. The Bertz CT molecular complexity index is 598. The molecule has 3 rings (SSSR count). The molecule has 0 saturated carbocycles. The fourth-order valence-electron chi connectivity index (χ4n) is 1.85. The zero-order valence-corrected chi connectivity index (χ0v) is 9.58. The first-order valence-corrected chi connectivity index (χ1v) is 6.08. The van der Waals surface area contributed by atoms with Gasteiger partial charge in [0.2, 0.25) is 0 Å². The molecule has 0 fully saturated rings. The summed E-state index contributed by atoms with van der Waals surface area (Å²) in [7, 11) is 0. The van der Waals surface area contributed by atoms with Crippen LogP contribution in [-0.4, -0.2) is 4.37 Å². The van der Waals surface area contributed by atoms with Crippen LogP contribution in [-0.2, 0) is 6.42 Å². The fourth-order valence-corrected chi connectivity index (χ4v) is 2.65. The Kier molecular flexibility index (Phi) is 2.43. The van der Waals surface area contributed by atoms with E-state index in [0.717, 1.165) is 6.42 Å². The SMILES string of the molecule is c1ccc(Cc2nsc3ccccc23)cc1. The van der Waals surface area contributed by atoms with Crippen LogP contribution < -0.4 is 0 Å². The molecule has 0 N–H and O–H groups in total. The van der Waals surface area contributed by atoms with Crippen molar-refractivity contribution in [2.75, 3.05) is 0 Å². The molecule has 0 atom stereocenters. The van der Waals surface area contributed by atoms with Gasteiger partial charge in [-0.05, 0) is 23.2 Å². The number of hydrogen-bond donors (Lipinski definition) is 0. The summed E-state index contributed by atoms with van der Waals surface area (Å²) in [4.78, 5) is 0. The van der Waals surface area contributed by atoms with Gasteiger partial charge in [-0.2, -0.15) is 4.37 Å². The van der Waals surface area contributed by atoms with Crippen LogP contribution in [0, 0.1) is 0 Å². The molecule has 0 aliphatic heterocycles. The number of rotatable bonds is 2. The third-order valence-electron chi connectivity index (χ3n) is 2.67. The third kappa shape index (κ3) is 1.72. The number of nitrogens with zero attached hydrogens (tertiary/aromatic N) is 1. The van der Waals surface area contributed by atoms with Crippen LogP contribution in [0.2, 0.25) is 0 Å². The lowest BCUT2D eigenvalue weighted by atomic mass is 10.1. The second-order valence-electron chi connectivity index (χ2n) is 3.79. The molecular weight excluding hydrogens is 214 g/mol. The Hall–Kier alpha value is -1.67. The van der Waals surface area contributed by atoms with Gasteiger partial charge in [-0.1, -0.05) is 48.5 Å². The molecule has 2 aromatic carbocycles. The average molecular weight is 225 g/mol. The van der Waals surface area contributed by atoms with E-state index in [2.05, 4.69) is 52.9 Å². The number of hydrogen-bond acceptors (Lipinski definition) is 2. The number of aromatic nitrogens is 1. The molecule has 78 valence electrons. The molecule has 0 bridgehead atoms. The van der Waals surface area contributed by atoms with Gasteiger partial charge in [0.05, 0.1) is 10.4 Å². The molecule has 2 heteroatoms. The quantitative estimate of drug-likeness (QED) is 0.645. The first-order chi connectivity index (χ1) is 7.93. The first kappa shape index (κ1) is 9.55. The Balaban J connectivity index is 2.01. The summed E-state index contributed by atoms with van der Waals surface area (Å²) in [6.07, 6.45) is 0.921. The minimum Gasteiger partial charge on any atom is -0.196 e. The van der Waals surface area contributed by atoms with Crippen LogP contribution in [0.5, 0.6) is 0 Å². The van der Waals surface area contributed by atoms with Crippen LogP contribution >= 0.6 is 11.5 Å². The van der Waals surface area contributed by atoms with Gasteiger partial charge in [0.25, 0.3) is 0 Å². The van der Waals surface area contributed by atoms with Crippen LogP contribution in [0.4, 0.5) is 0 Å². The van der Waals surface area contributed by atoms with Crippen molar-refractivity contribution in [2.24, 2.45) is 0 Å². The van der Waals surface area contributed by atoms with Crippen LogP contribution in [0.3, 0.4) is 0 Å².